The summed E-state index contributed by atoms with van der Waals surface area (Å²) in [5, 5.41) is 23.6. The lowest BCUT2D eigenvalue weighted by atomic mass is 10.2. The van der Waals surface area contributed by atoms with Gasteiger partial charge in [0.1, 0.15) is 5.75 Å². The highest BCUT2D eigenvalue weighted by molar-refractivity contribution is 7.20. The third kappa shape index (κ3) is 3.29. The van der Waals surface area contributed by atoms with Crippen molar-refractivity contribution in [2.24, 2.45) is 0 Å². The van der Waals surface area contributed by atoms with Gasteiger partial charge in [-0.15, -0.1) is 11.3 Å². The molecule has 1 aromatic heterocycles. The Bertz CT molecular complexity index is 904. The minimum Gasteiger partial charge on any atom is -0.508 e. The molecule has 0 atom stereocenters. The Kier molecular flexibility index (Phi) is 3.94. The molecule has 1 heterocycles. The van der Waals surface area contributed by atoms with E-state index >= 15 is 0 Å². The minimum absolute atomic E-state index is 0.00187. The van der Waals surface area contributed by atoms with Crippen LogP contribution in [0, 0.1) is 10.1 Å². The van der Waals surface area contributed by atoms with Gasteiger partial charge in [0.05, 0.1) is 9.80 Å². The maximum Gasteiger partial charge on any atom is 0.270 e. The Labute approximate surface area is 135 Å². The van der Waals surface area contributed by atoms with Crippen molar-refractivity contribution >= 4 is 33.0 Å². The van der Waals surface area contributed by atoms with Gasteiger partial charge in [-0.1, -0.05) is 12.1 Å². The van der Waals surface area contributed by atoms with Crippen molar-refractivity contribution in [1.82, 2.24) is 5.32 Å². The van der Waals surface area contributed by atoms with Crippen molar-refractivity contribution in [3.8, 4) is 5.75 Å². The summed E-state index contributed by atoms with van der Waals surface area (Å²) in [5.74, 6) is -0.108. The molecule has 0 unspecified atom stereocenters. The highest BCUT2D eigenvalue weighted by Gasteiger charge is 2.13. The van der Waals surface area contributed by atoms with Gasteiger partial charge in [0.2, 0.25) is 0 Å². The topological polar surface area (TPSA) is 92.5 Å². The van der Waals surface area contributed by atoms with Gasteiger partial charge < -0.3 is 10.4 Å². The maximum atomic E-state index is 12.2. The number of nitro groups is 1. The van der Waals surface area contributed by atoms with Gasteiger partial charge in [0.25, 0.3) is 11.6 Å². The zero-order chi connectivity index (χ0) is 16.4. The number of amides is 1. The zero-order valence-electron chi connectivity index (χ0n) is 11.9. The number of fused-ring (bicyclic) bond motifs is 1. The number of nitrogens with one attached hydrogen (secondary N) is 1. The molecule has 3 rings (SSSR count). The Morgan fingerprint density at radius 1 is 1.22 bits per heavy atom. The summed E-state index contributed by atoms with van der Waals surface area (Å²) in [6.45, 7) is 0.293. The molecular formula is C16H12N2O4S. The molecule has 0 aliphatic carbocycles. The van der Waals surface area contributed by atoms with E-state index in [-0.39, 0.29) is 17.3 Å². The van der Waals surface area contributed by atoms with Crippen LogP contribution in [0.25, 0.3) is 10.1 Å². The second-order valence-electron chi connectivity index (χ2n) is 4.94. The van der Waals surface area contributed by atoms with Crippen LogP contribution in [-0.2, 0) is 6.54 Å². The average molecular weight is 328 g/mol. The average Bonchev–Trinajstić information content (AvgIpc) is 2.95. The smallest absolute Gasteiger partial charge is 0.270 e. The molecule has 3 aromatic rings. The summed E-state index contributed by atoms with van der Waals surface area (Å²) >= 11 is 1.28. The molecule has 0 aliphatic rings. The molecule has 0 aliphatic heterocycles. The number of rotatable bonds is 4. The van der Waals surface area contributed by atoms with Crippen molar-refractivity contribution in [3.05, 3.63) is 69.1 Å². The van der Waals surface area contributed by atoms with Crippen molar-refractivity contribution in [2.75, 3.05) is 0 Å². The summed E-state index contributed by atoms with van der Waals surface area (Å²) in [6.07, 6.45) is 0. The number of hydrogen-bond acceptors (Lipinski definition) is 5. The van der Waals surface area contributed by atoms with Crippen molar-refractivity contribution in [1.29, 1.82) is 0 Å². The Morgan fingerprint density at radius 2 is 2.04 bits per heavy atom. The van der Waals surface area contributed by atoms with Gasteiger partial charge in [-0.2, -0.15) is 0 Å². The van der Waals surface area contributed by atoms with Crippen LogP contribution in [-0.4, -0.2) is 15.9 Å². The fraction of sp³-hybridized carbons (Fsp3) is 0.0625. The molecule has 0 saturated carbocycles. The lowest BCUT2D eigenvalue weighted by molar-refractivity contribution is -0.384. The van der Waals surface area contributed by atoms with Gasteiger partial charge in [0.15, 0.2) is 0 Å². The quantitative estimate of drug-likeness (QED) is 0.567. The van der Waals surface area contributed by atoms with Crippen LogP contribution in [0.5, 0.6) is 5.75 Å². The van der Waals surface area contributed by atoms with E-state index < -0.39 is 4.92 Å². The summed E-state index contributed by atoms with van der Waals surface area (Å²) < 4.78 is 0.818. The molecular weight excluding hydrogens is 316 g/mol. The molecule has 1 amide bonds. The summed E-state index contributed by atoms with van der Waals surface area (Å²) in [4.78, 5) is 23.0. The van der Waals surface area contributed by atoms with E-state index in [0.717, 1.165) is 10.3 Å². The first-order chi connectivity index (χ1) is 11.0. The predicted octanol–water partition coefficient (Wildman–Crippen LogP) is 3.45. The molecule has 116 valence electrons. The van der Waals surface area contributed by atoms with Gasteiger partial charge in [-0.3, -0.25) is 14.9 Å². The third-order valence-electron chi connectivity index (χ3n) is 3.30. The molecule has 2 N–H and O–H groups in total. The van der Waals surface area contributed by atoms with Crippen LogP contribution >= 0.6 is 11.3 Å². The molecule has 0 saturated heterocycles. The van der Waals surface area contributed by atoms with Crippen LogP contribution in [0.1, 0.15) is 15.2 Å². The zero-order valence-corrected chi connectivity index (χ0v) is 12.7. The number of carbonyl (C=O) groups excluding carboxylic acids is 1. The van der Waals surface area contributed by atoms with Crippen molar-refractivity contribution in [2.45, 2.75) is 6.54 Å². The van der Waals surface area contributed by atoms with E-state index in [9.17, 15) is 20.0 Å². The number of benzene rings is 2. The standard InChI is InChI=1S/C16H12N2O4S/c19-13-3-1-2-10(6-13)9-17-16(20)15-8-11-7-12(18(21)22)4-5-14(11)23-15/h1-8,19H,9H2,(H,17,20). The molecule has 0 fully saturated rings. The summed E-state index contributed by atoms with van der Waals surface area (Å²) in [7, 11) is 0. The number of aromatic hydroxyl groups is 1. The van der Waals surface area contributed by atoms with Gasteiger partial charge in [-0.25, -0.2) is 0 Å². The number of hydrogen-bond donors (Lipinski definition) is 2. The largest absolute Gasteiger partial charge is 0.508 e. The fourth-order valence-electron chi connectivity index (χ4n) is 2.19. The summed E-state index contributed by atoms with van der Waals surface area (Å²) in [5.41, 5.74) is 0.789. The van der Waals surface area contributed by atoms with Crippen LogP contribution in [0.15, 0.2) is 48.5 Å². The number of non-ortho nitro benzene ring substituents is 1. The summed E-state index contributed by atoms with van der Waals surface area (Å²) in [6, 6.07) is 12.8. The minimum atomic E-state index is -0.460. The number of nitro benzene ring substituents is 1. The Balaban J connectivity index is 1.77. The Morgan fingerprint density at radius 3 is 2.78 bits per heavy atom. The van der Waals surface area contributed by atoms with E-state index in [1.807, 2.05) is 0 Å². The number of phenols is 1. The maximum absolute atomic E-state index is 12.2. The number of thiophene rings is 1. The highest BCUT2D eigenvalue weighted by Crippen LogP contribution is 2.28. The SMILES string of the molecule is O=C(NCc1cccc(O)c1)c1cc2cc([N+](=O)[O-])ccc2s1. The van der Waals surface area contributed by atoms with Crippen LogP contribution in [0.4, 0.5) is 5.69 Å². The van der Waals surface area contributed by atoms with Gasteiger partial charge >= 0.3 is 0 Å². The van der Waals surface area contributed by atoms with Gasteiger partial charge in [0, 0.05) is 28.8 Å². The predicted molar refractivity (Wildman–Crippen MR) is 87.8 cm³/mol. The number of phenolic OH excluding ortho intramolecular Hbond substituents is 1. The normalized spacial score (nSPS) is 10.6. The van der Waals surface area contributed by atoms with E-state index in [0.29, 0.717) is 16.8 Å². The molecule has 0 bridgehead atoms. The molecule has 2 aromatic carbocycles. The van der Waals surface area contributed by atoms with Crippen molar-refractivity contribution in [3.63, 3.8) is 0 Å². The van der Waals surface area contributed by atoms with E-state index in [4.69, 9.17) is 0 Å². The van der Waals surface area contributed by atoms with Crippen LogP contribution in [0.2, 0.25) is 0 Å². The number of carbonyl (C=O) groups is 1. The first kappa shape index (κ1) is 15.0. The monoisotopic (exact) mass is 328 g/mol. The van der Waals surface area contributed by atoms with Crippen LogP contribution in [0.3, 0.4) is 0 Å². The van der Waals surface area contributed by atoms with Crippen molar-refractivity contribution < 1.29 is 14.8 Å². The Hall–Kier alpha value is -2.93. The second-order valence-corrected chi connectivity index (χ2v) is 6.03. The van der Waals surface area contributed by atoms with E-state index in [1.54, 1.807) is 36.4 Å². The van der Waals surface area contributed by atoms with E-state index in [1.165, 1.54) is 23.5 Å². The molecule has 0 radical (unpaired) electrons. The highest BCUT2D eigenvalue weighted by atomic mass is 32.1. The molecule has 0 spiro atoms. The lowest BCUT2D eigenvalue weighted by Gasteiger charge is -2.04. The molecule has 7 heteroatoms. The van der Waals surface area contributed by atoms with Gasteiger partial charge in [-0.05, 0) is 29.8 Å². The van der Waals surface area contributed by atoms with E-state index in [2.05, 4.69) is 5.32 Å². The first-order valence-electron chi connectivity index (χ1n) is 6.77. The fourth-order valence-corrected chi connectivity index (χ4v) is 3.15. The first-order valence-corrected chi connectivity index (χ1v) is 7.59. The molecule has 6 nitrogen and oxygen atoms in total. The number of nitrogens with zero attached hydrogens (tertiary/aromatic N) is 1. The molecule has 23 heavy (non-hydrogen) atoms. The van der Waals surface area contributed by atoms with Crippen LogP contribution < -0.4 is 5.32 Å². The third-order valence-corrected chi connectivity index (χ3v) is 4.41. The second kappa shape index (κ2) is 6.05. The lowest BCUT2D eigenvalue weighted by Crippen LogP contribution is -2.21.